The molecule has 2 amide bonds. The largest absolute Gasteiger partial charge is 0.480 e. The molecule has 2 aliphatic rings. The molecule has 0 bridgehead atoms. The Morgan fingerprint density at radius 3 is 2.44 bits per heavy atom. The van der Waals surface area contributed by atoms with Gasteiger partial charge in [-0.25, -0.2) is 4.79 Å². The summed E-state index contributed by atoms with van der Waals surface area (Å²) in [4.78, 5) is 25.5. The molecule has 0 saturated heterocycles. The van der Waals surface area contributed by atoms with Crippen LogP contribution in [0.2, 0.25) is 0 Å². The van der Waals surface area contributed by atoms with Crippen LogP contribution >= 0.6 is 0 Å². The number of hydrogen-bond donors (Lipinski definition) is 3. The van der Waals surface area contributed by atoms with E-state index in [9.17, 15) is 9.59 Å². The zero-order chi connectivity index (χ0) is 19.4. The summed E-state index contributed by atoms with van der Waals surface area (Å²) in [5, 5.41) is 15.3. The minimum Gasteiger partial charge on any atom is -0.480 e. The molecule has 0 spiro atoms. The number of likely N-dealkylation sites (N-methyl/N-ethyl adjacent to an activating group) is 1. The van der Waals surface area contributed by atoms with Crippen molar-refractivity contribution in [1.82, 2.24) is 15.5 Å². The topological polar surface area (TPSA) is 81.7 Å². The number of nitrogens with zero attached hydrogens (tertiary/aromatic N) is 1. The summed E-state index contributed by atoms with van der Waals surface area (Å²) in [7, 11) is 0. The Morgan fingerprint density at radius 2 is 1.89 bits per heavy atom. The Morgan fingerprint density at radius 1 is 1.22 bits per heavy atom. The highest BCUT2D eigenvalue weighted by atomic mass is 16.4. The molecule has 0 aliphatic heterocycles. The average molecular weight is 373 g/mol. The van der Waals surface area contributed by atoms with Crippen LogP contribution < -0.4 is 10.6 Å². The highest BCUT2D eigenvalue weighted by Crippen LogP contribution is 2.41. The van der Waals surface area contributed by atoms with E-state index < -0.39 is 5.97 Å². The van der Waals surface area contributed by atoms with Gasteiger partial charge in [0.05, 0.1) is 6.54 Å². The minimum atomic E-state index is -0.799. The number of amides is 2. The van der Waals surface area contributed by atoms with E-state index in [1.165, 1.54) is 5.56 Å². The molecule has 2 fully saturated rings. The van der Waals surface area contributed by atoms with Gasteiger partial charge in [-0.1, -0.05) is 37.3 Å². The molecule has 27 heavy (non-hydrogen) atoms. The van der Waals surface area contributed by atoms with Crippen molar-refractivity contribution in [2.75, 3.05) is 13.1 Å². The number of hydrogen-bond acceptors (Lipinski definition) is 3. The number of rotatable bonds is 9. The highest BCUT2D eigenvalue weighted by molar-refractivity contribution is 5.75. The number of aliphatic carboxylic acids is 1. The van der Waals surface area contributed by atoms with Gasteiger partial charge in [0.15, 0.2) is 0 Å². The lowest BCUT2D eigenvalue weighted by atomic mass is 9.85. The number of nitrogens with one attached hydrogen (secondary N) is 2. The van der Waals surface area contributed by atoms with Crippen LogP contribution in [0.1, 0.15) is 45.1 Å². The molecule has 1 unspecified atom stereocenters. The molecule has 1 aromatic carbocycles. The third-order valence-electron chi connectivity index (χ3n) is 6.00. The molecular formula is C21H31N3O3. The quantitative estimate of drug-likeness (QED) is 0.621. The number of carboxylic acid groups (broad SMARTS) is 1. The van der Waals surface area contributed by atoms with E-state index in [1.54, 1.807) is 0 Å². The standard InChI is InChI=1S/C21H31N3O3/c1-3-24(14-19(25)26)18-11-17(12-18)22-20(27)23-21(2,16-9-10-16)13-15-7-5-4-6-8-15/h4-8,16-18H,3,9-14H2,1-2H3,(H,25,26)(H2,22,23,27). The third kappa shape index (κ3) is 5.22. The Kier molecular flexibility index (Phi) is 6.05. The van der Waals surface area contributed by atoms with Gasteiger partial charge in [0.1, 0.15) is 0 Å². The fourth-order valence-electron chi connectivity index (χ4n) is 4.19. The van der Waals surface area contributed by atoms with Gasteiger partial charge >= 0.3 is 12.0 Å². The Labute approximate surface area is 161 Å². The second kappa shape index (κ2) is 8.30. The smallest absolute Gasteiger partial charge is 0.317 e. The van der Waals surface area contributed by atoms with E-state index in [2.05, 4.69) is 29.7 Å². The lowest BCUT2D eigenvalue weighted by molar-refractivity contribution is -0.139. The first-order chi connectivity index (χ1) is 12.9. The summed E-state index contributed by atoms with van der Waals surface area (Å²) in [6, 6.07) is 10.6. The first-order valence-electron chi connectivity index (χ1n) is 9.98. The van der Waals surface area contributed by atoms with Crippen molar-refractivity contribution in [3.05, 3.63) is 35.9 Å². The van der Waals surface area contributed by atoms with Crippen molar-refractivity contribution < 1.29 is 14.7 Å². The summed E-state index contributed by atoms with van der Waals surface area (Å²) in [5.41, 5.74) is 1.01. The van der Waals surface area contributed by atoms with Crippen LogP contribution in [0, 0.1) is 5.92 Å². The number of urea groups is 1. The monoisotopic (exact) mass is 373 g/mol. The van der Waals surface area contributed by atoms with Gasteiger partial charge in [-0.15, -0.1) is 0 Å². The second-order valence-corrected chi connectivity index (χ2v) is 8.23. The van der Waals surface area contributed by atoms with E-state index in [0.29, 0.717) is 12.5 Å². The molecule has 1 aromatic rings. The zero-order valence-electron chi connectivity index (χ0n) is 16.3. The van der Waals surface area contributed by atoms with Gasteiger partial charge in [0, 0.05) is 17.6 Å². The number of carboxylic acids is 1. The minimum absolute atomic E-state index is 0.0664. The van der Waals surface area contributed by atoms with Crippen LogP contribution in [-0.4, -0.2) is 52.7 Å². The van der Waals surface area contributed by atoms with E-state index in [4.69, 9.17) is 5.11 Å². The third-order valence-corrected chi connectivity index (χ3v) is 6.00. The maximum Gasteiger partial charge on any atom is 0.317 e. The van der Waals surface area contributed by atoms with Crippen molar-refractivity contribution in [3.63, 3.8) is 0 Å². The van der Waals surface area contributed by atoms with Gasteiger partial charge in [-0.3, -0.25) is 9.69 Å². The van der Waals surface area contributed by atoms with Gasteiger partial charge in [0.2, 0.25) is 0 Å². The number of benzene rings is 1. The fourth-order valence-corrected chi connectivity index (χ4v) is 4.19. The first-order valence-corrected chi connectivity index (χ1v) is 9.98. The lowest BCUT2D eigenvalue weighted by Crippen LogP contribution is -2.59. The predicted molar refractivity (Wildman–Crippen MR) is 105 cm³/mol. The van der Waals surface area contributed by atoms with Gasteiger partial charge in [-0.05, 0) is 57.1 Å². The van der Waals surface area contributed by atoms with Crippen molar-refractivity contribution in [3.8, 4) is 0 Å². The Hall–Kier alpha value is -2.08. The van der Waals surface area contributed by atoms with Gasteiger partial charge in [0.25, 0.3) is 0 Å². The molecule has 0 aromatic heterocycles. The molecule has 1 atom stereocenters. The molecule has 2 saturated carbocycles. The molecule has 2 aliphatic carbocycles. The van der Waals surface area contributed by atoms with Crippen molar-refractivity contribution >= 4 is 12.0 Å². The SMILES string of the molecule is CCN(CC(=O)O)C1CC(NC(=O)NC(C)(Cc2ccccc2)C2CC2)C1. The summed E-state index contributed by atoms with van der Waals surface area (Å²) in [6.45, 7) is 4.90. The molecule has 3 rings (SSSR count). The molecule has 6 nitrogen and oxygen atoms in total. The van der Waals surface area contributed by atoms with E-state index in [1.807, 2.05) is 30.0 Å². The van der Waals surface area contributed by atoms with Crippen LogP contribution in [-0.2, 0) is 11.2 Å². The maximum absolute atomic E-state index is 12.6. The van der Waals surface area contributed by atoms with E-state index >= 15 is 0 Å². The molecular weight excluding hydrogens is 342 g/mol. The molecule has 148 valence electrons. The van der Waals surface area contributed by atoms with Crippen molar-refractivity contribution in [2.45, 2.75) is 63.6 Å². The summed E-state index contributed by atoms with van der Waals surface area (Å²) < 4.78 is 0. The molecule has 6 heteroatoms. The number of carbonyl (C=O) groups excluding carboxylic acids is 1. The molecule has 3 N–H and O–H groups in total. The molecule has 0 radical (unpaired) electrons. The highest BCUT2D eigenvalue weighted by Gasteiger charge is 2.43. The zero-order valence-corrected chi connectivity index (χ0v) is 16.3. The van der Waals surface area contributed by atoms with Crippen molar-refractivity contribution in [2.24, 2.45) is 5.92 Å². The summed E-state index contributed by atoms with van der Waals surface area (Å²) in [5.74, 6) is -0.268. The van der Waals surface area contributed by atoms with Crippen LogP contribution in [0.4, 0.5) is 4.79 Å². The summed E-state index contributed by atoms with van der Waals surface area (Å²) in [6.07, 6.45) is 4.79. The fraction of sp³-hybridized carbons (Fsp3) is 0.619. The normalized spacial score (nSPS) is 24.0. The second-order valence-electron chi connectivity index (χ2n) is 8.23. The van der Waals surface area contributed by atoms with Crippen LogP contribution in [0.3, 0.4) is 0 Å². The first kappa shape index (κ1) is 19.7. The lowest BCUT2D eigenvalue weighted by Gasteiger charge is -2.42. The van der Waals surface area contributed by atoms with Crippen LogP contribution in [0.25, 0.3) is 0 Å². The van der Waals surface area contributed by atoms with Crippen LogP contribution in [0.5, 0.6) is 0 Å². The predicted octanol–water partition coefficient (Wildman–Crippen LogP) is 2.63. The van der Waals surface area contributed by atoms with Gasteiger partial charge in [-0.2, -0.15) is 0 Å². The van der Waals surface area contributed by atoms with Crippen molar-refractivity contribution in [1.29, 1.82) is 0 Å². The van der Waals surface area contributed by atoms with E-state index in [-0.39, 0.29) is 30.2 Å². The number of carbonyl (C=O) groups is 2. The maximum atomic E-state index is 12.6. The van der Waals surface area contributed by atoms with Crippen LogP contribution in [0.15, 0.2) is 30.3 Å². The molecule has 0 heterocycles. The van der Waals surface area contributed by atoms with E-state index in [0.717, 1.165) is 32.1 Å². The van der Waals surface area contributed by atoms with Gasteiger partial charge < -0.3 is 15.7 Å². The average Bonchev–Trinajstić information content (AvgIpc) is 3.42. The Bertz CT molecular complexity index is 656. The summed E-state index contributed by atoms with van der Waals surface area (Å²) >= 11 is 0. The Balaban J connectivity index is 1.49.